The van der Waals surface area contributed by atoms with Crippen LogP contribution >= 0.6 is 8.38 Å². The van der Waals surface area contributed by atoms with Crippen molar-refractivity contribution in [3.05, 3.63) is 11.3 Å². The summed E-state index contributed by atoms with van der Waals surface area (Å²) in [4.78, 5) is 9.13. The van der Waals surface area contributed by atoms with Gasteiger partial charge in [-0.1, -0.05) is 5.47 Å². The lowest BCUT2D eigenvalue weighted by Crippen LogP contribution is -2.20. The molecule has 0 aromatic heterocycles. The van der Waals surface area contributed by atoms with Crippen LogP contribution in [0.4, 0.5) is 0 Å². The van der Waals surface area contributed by atoms with Crippen molar-refractivity contribution in [2.24, 2.45) is 0 Å². The zero-order valence-corrected chi connectivity index (χ0v) is 8.95. The maximum absolute atomic E-state index is 9.13. The lowest BCUT2D eigenvalue weighted by Gasteiger charge is -2.16. The molecule has 0 bridgehead atoms. The molecule has 0 heterocycles. The number of rotatable bonds is 6. The Balaban J connectivity index is 4.16. The SMILES string of the molecule is [B]/C(=C\P(O)OC)C(COC)OC. The normalized spacial score (nSPS) is 17.1. The summed E-state index contributed by atoms with van der Waals surface area (Å²) in [6.07, 6.45) is -0.336. The summed E-state index contributed by atoms with van der Waals surface area (Å²) < 4.78 is 14.6. The summed E-state index contributed by atoms with van der Waals surface area (Å²) in [5.74, 6) is 1.43. The molecule has 2 unspecified atom stereocenters. The molecule has 2 atom stereocenters. The van der Waals surface area contributed by atoms with Gasteiger partial charge in [-0.3, -0.25) is 0 Å². The third-order valence-electron chi connectivity index (χ3n) is 1.42. The van der Waals surface area contributed by atoms with Gasteiger partial charge < -0.3 is 18.9 Å². The van der Waals surface area contributed by atoms with Crippen LogP contribution in [0.1, 0.15) is 0 Å². The Labute approximate surface area is 81.2 Å². The van der Waals surface area contributed by atoms with E-state index < -0.39 is 8.38 Å². The van der Waals surface area contributed by atoms with Crippen LogP contribution in [0.3, 0.4) is 0 Å². The Kier molecular flexibility index (Phi) is 7.52. The first-order valence-corrected chi connectivity index (χ1v) is 4.95. The second-order valence-electron chi connectivity index (χ2n) is 2.29. The Hall–Kier alpha value is 0.0749. The fourth-order valence-electron chi connectivity index (χ4n) is 0.715. The molecule has 0 fully saturated rings. The molecular weight excluding hydrogens is 190 g/mol. The molecule has 4 nitrogen and oxygen atoms in total. The van der Waals surface area contributed by atoms with Crippen molar-refractivity contribution in [1.29, 1.82) is 0 Å². The molecule has 0 spiro atoms. The van der Waals surface area contributed by atoms with E-state index >= 15 is 0 Å². The minimum Gasteiger partial charge on any atom is -0.382 e. The average molecular weight is 204 g/mol. The van der Waals surface area contributed by atoms with Crippen LogP contribution in [0.5, 0.6) is 0 Å². The highest BCUT2D eigenvalue weighted by Crippen LogP contribution is 2.33. The first-order valence-electron chi connectivity index (χ1n) is 3.66. The van der Waals surface area contributed by atoms with Crippen molar-refractivity contribution < 1.29 is 18.9 Å². The number of hydrogen-bond donors (Lipinski definition) is 1. The maximum Gasteiger partial charge on any atom is 0.193 e. The molecule has 1 N–H and O–H groups in total. The first-order chi connectivity index (χ1) is 6.15. The van der Waals surface area contributed by atoms with E-state index in [2.05, 4.69) is 4.52 Å². The quantitative estimate of drug-likeness (QED) is 0.508. The van der Waals surface area contributed by atoms with Crippen molar-refractivity contribution in [3.63, 3.8) is 0 Å². The summed E-state index contributed by atoms with van der Waals surface area (Å²) in [6.45, 7) is 0.353. The zero-order valence-electron chi connectivity index (χ0n) is 8.06. The highest BCUT2D eigenvalue weighted by Gasteiger charge is 2.10. The highest BCUT2D eigenvalue weighted by molar-refractivity contribution is 7.49. The van der Waals surface area contributed by atoms with E-state index in [-0.39, 0.29) is 6.10 Å². The fourth-order valence-corrected chi connectivity index (χ4v) is 1.24. The van der Waals surface area contributed by atoms with Crippen molar-refractivity contribution in [1.82, 2.24) is 0 Å². The third kappa shape index (κ3) is 5.39. The fraction of sp³-hybridized carbons (Fsp3) is 0.714. The van der Waals surface area contributed by atoms with Gasteiger partial charge in [0.25, 0.3) is 0 Å². The van der Waals surface area contributed by atoms with E-state index in [1.165, 1.54) is 20.0 Å². The number of ether oxygens (including phenoxy) is 2. The third-order valence-corrected chi connectivity index (χ3v) is 2.31. The Morgan fingerprint density at radius 2 is 2.15 bits per heavy atom. The van der Waals surface area contributed by atoms with Crippen LogP contribution in [0.2, 0.25) is 0 Å². The number of hydrogen-bond acceptors (Lipinski definition) is 4. The molecule has 0 rings (SSSR count). The Bertz CT molecular complexity index is 165. The van der Waals surface area contributed by atoms with Gasteiger partial charge in [0.15, 0.2) is 8.38 Å². The van der Waals surface area contributed by atoms with Crippen LogP contribution in [0.15, 0.2) is 11.3 Å². The Morgan fingerprint density at radius 3 is 2.54 bits per heavy atom. The van der Waals surface area contributed by atoms with Crippen LogP contribution in [-0.4, -0.2) is 46.8 Å². The predicted octanol–water partition coefficient (Wildman–Crippen LogP) is 0.608. The van der Waals surface area contributed by atoms with Gasteiger partial charge in [-0.05, 0) is 5.82 Å². The largest absolute Gasteiger partial charge is 0.382 e. The van der Waals surface area contributed by atoms with Crippen molar-refractivity contribution in [2.75, 3.05) is 27.9 Å². The van der Waals surface area contributed by atoms with Crippen LogP contribution in [-0.2, 0) is 14.0 Å². The summed E-state index contributed by atoms with van der Waals surface area (Å²) in [5, 5.41) is 0. The molecule has 13 heavy (non-hydrogen) atoms. The van der Waals surface area contributed by atoms with E-state index in [4.69, 9.17) is 22.2 Å². The minimum absolute atomic E-state index is 0.336. The highest BCUT2D eigenvalue weighted by atomic mass is 31.2. The second-order valence-corrected chi connectivity index (χ2v) is 3.52. The first kappa shape index (κ1) is 13.1. The van der Waals surface area contributed by atoms with Gasteiger partial charge in [0.1, 0.15) is 7.85 Å². The molecule has 0 aromatic rings. The molecule has 0 saturated carbocycles. The molecular formula is C7H14BO4P. The molecule has 0 aliphatic rings. The summed E-state index contributed by atoms with van der Waals surface area (Å²) >= 11 is 0. The molecule has 0 aliphatic carbocycles. The summed E-state index contributed by atoms with van der Waals surface area (Å²) in [5.41, 5.74) is 0.416. The predicted molar refractivity (Wildman–Crippen MR) is 52.7 cm³/mol. The van der Waals surface area contributed by atoms with Gasteiger partial charge in [-0.15, -0.1) is 0 Å². The molecule has 0 amide bonds. The lowest BCUT2D eigenvalue weighted by molar-refractivity contribution is 0.0546. The van der Waals surface area contributed by atoms with E-state index in [0.29, 0.717) is 12.1 Å². The monoisotopic (exact) mass is 204 g/mol. The van der Waals surface area contributed by atoms with Gasteiger partial charge in [0.05, 0.1) is 12.7 Å². The van der Waals surface area contributed by atoms with Gasteiger partial charge in [0, 0.05) is 21.3 Å². The van der Waals surface area contributed by atoms with Gasteiger partial charge in [-0.25, -0.2) is 0 Å². The van der Waals surface area contributed by atoms with Crippen LogP contribution in [0.25, 0.3) is 0 Å². The maximum atomic E-state index is 9.13. The van der Waals surface area contributed by atoms with E-state index in [1.807, 2.05) is 0 Å². The van der Waals surface area contributed by atoms with Gasteiger partial charge in [0.2, 0.25) is 0 Å². The van der Waals surface area contributed by atoms with Crippen LogP contribution < -0.4 is 0 Å². The molecule has 6 heteroatoms. The average Bonchev–Trinajstić information content (AvgIpc) is 2.13. The van der Waals surface area contributed by atoms with Crippen molar-refractivity contribution >= 4 is 16.2 Å². The van der Waals surface area contributed by atoms with Crippen molar-refractivity contribution in [2.45, 2.75) is 6.10 Å². The van der Waals surface area contributed by atoms with E-state index in [1.54, 1.807) is 7.11 Å². The summed E-state index contributed by atoms with van der Waals surface area (Å²) in [6, 6.07) is 0. The van der Waals surface area contributed by atoms with Crippen LogP contribution in [0, 0.1) is 0 Å². The summed E-state index contributed by atoms with van der Waals surface area (Å²) in [7, 11) is 8.52. The standard InChI is InChI=1S/C7H14BO4P/c1-10-4-7(11-2)6(8)5-13(9)12-3/h5,7,9H,4H2,1-3H3/b6-5-. The molecule has 0 aromatic carbocycles. The van der Waals surface area contributed by atoms with E-state index in [9.17, 15) is 0 Å². The second kappa shape index (κ2) is 7.48. The number of methoxy groups -OCH3 is 2. The zero-order chi connectivity index (χ0) is 10.3. The molecule has 74 valence electrons. The van der Waals surface area contributed by atoms with Crippen molar-refractivity contribution in [3.8, 4) is 0 Å². The van der Waals surface area contributed by atoms with Gasteiger partial charge >= 0.3 is 0 Å². The molecule has 2 radical (unpaired) electrons. The minimum atomic E-state index is -1.59. The van der Waals surface area contributed by atoms with Gasteiger partial charge in [-0.2, -0.15) is 0 Å². The smallest absolute Gasteiger partial charge is 0.193 e. The lowest BCUT2D eigenvalue weighted by atomic mass is 9.92. The topological polar surface area (TPSA) is 47.9 Å². The molecule has 0 aliphatic heterocycles. The van der Waals surface area contributed by atoms with E-state index in [0.717, 1.165) is 0 Å². The Morgan fingerprint density at radius 1 is 1.54 bits per heavy atom. The molecule has 0 saturated heterocycles.